The number of Topliss-reactive ketones (excluding diaryl/α,β-unsaturated/α-hetero) is 1. The fraction of sp³-hybridized carbons (Fsp3) is 0.455. The molecule has 0 spiro atoms. The maximum atomic E-state index is 11.4. The van der Waals surface area contributed by atoms with E-state index in [2.05, 4.69) is 0 Å². The molecule has 0 heterocycles. The summed E-state index contributed by atoms with van der Waals surface area (Å²) in [6.45, 7) is 2.12. The number of ketones is 1. The zero-order valence-electron chi connectivity index (χ0n) is 8.23. The number of hydrogen-bond acceptors (Lipinski definition) is 3. The first kappa shape index (κ1) is 10.7. The van der Waals surface area contributed by atoms with Crippen LogP contribution in [0.25, 0.3) is 0 Å². The van der Waals surface area contributed by atoms with Gasteiger partial charge in [-0.15, -0.1) is 0 Å². The lowest BCUT2D eigenvalue weighted by atomic mass is 10.0. The van der Waals surface area contributed by atoms with Crippen LogP contribution in [0.5, 0.6) is 0 Å². The topological polar surface area (TPSA) is 43.4 Å². The fourth-order valence-corrected chi connectivity index (χ4v) is 1.27. The third-order valence-electron chi connectivity index (χ3n) is 2.00. The molecule has 3 heteroatoms. The standard InChI is InChI=1S/C11H14O3/c1-2-14-11(13)8-7-10(12)9-5-3-4-6-9/h3-6,9H,2,7-8H2,1H3. The van der Waals surface area contributed by atoms with Gasteiger partial charge in [-0.25, -0.2) is 0 Å². The van der Waals surface area contributed by atoms with E-state index in [9.17, 15) is 9.59 Å². The van der Waals surface area contributed by atoms with Crippen molar-refractivity contribution in [2.75, 3.05) is 6.61 Å². The van der Waals surface area contributed by atoms with Crippen molar-refractivity contribution in [3.63, 3.8) is 0 Å². The normalized spacial score (nSPS) is 14.6. The van der Waals surface area contributed by atoms with E-state index >= 15 is 0 Å². The van der Waals surface area contributed by atoms with Crippen LogP contribution in [0.4, 0.5) is 0 Å². The van der Waals surface area contributed by atoms with E-state index in [1.807, 2.05) is 24.3 Å². The van der Waals surface area contributed by atoms with Crippen LogP contribution in [0.2, 0.25) is 0 Å². The number of carbonyl (C=O) groups is 2. The predicted octanol–water partition coefficient (Wildman–Crippen LogP) is 1.64. The molecule has 76 valence electrons. The molecule has 1 aliphatic carbocycles. The van der Waals surface area contributed by atoms with Crippen molar-refractivity contribution in [2.45, 2.75) is 19.8 Å². The van der Waals surface area contributed by atoms with Crippen molar-refractivity contribution in [3.05, 3.63) is 24.3 Å². The molecule has 0 aromatic rings. The number of hydrogen-bond donors (Lipinski definition) is 0. The summed E-state index contributed by atoms with van der Waals surface area (Å²) in [5.74, 6) is -0.362. The third-order valence-corrected chi connectivity index (χ3v) is 2.00. The molecular weight excluding hydrogens is 180 g/mol. The molecule has 0 radical (unpaired) electrons. The minimum Gasteiger partial charge on any atom is -0.466 e. The minimum atomic E-state index is -0.299. The van der Waals surface area contributed by atoms with Gasteiger partial charge >= 0.3 is 5.97 Å². The van der Waals surface area contributed by atoms with Crippen molar-refractivity contribution in [2.24, 2.45) is 5.92 Å². The van der Waals surface area contributed by atoms with Crippen molar-refractivity contribution >= 4 is 11.8 Å². The molecule has 0 unspecified atom stereocenters. The molecular formula is C11H14O3. The van der Waals surface area contributed by atoms with Gasteiger partial charge in [0.1, 0.15) is 5.78 Å². The van der Waals surface area contributed by atoms with E-state index in [1.54, 1.807) is 6.92 Å². The summed E-state index contributed by atoms with van der Waals surface area (Å²) in [6.07, 6.45) is 7.78. The van der Waals surface area contributed by atoms with Crippen molar-refractivity contribution < 1.29 is 14.3 Å². The second kappa shape index (κ2) is 5.37. The van der Waals surface area contributed by atoms with Gasteiger partial charge in [-0.1, -0.05) is 24.3 Å². The largest absolute Gasteiger partial charge is 0.466 e. The van der Waals surface area contributed by atoms with Gasteiger partial charge in [0.25, 0.3) is 0 Å². The van der Waals surface area contributed by atoms with Crippen LogP contribution < -0.4 is 0 Å². The average Bonchev–Trinajstić information content (AvgIpc) is 2.67. The average molecular weight is 194 g/mol. The van der Waals surface area contributed by atoms with Crippen molar-refractivity contribution in [1.82, 2.24) is 0 Å². The van der Waals surface area contributed by atoms with E-state index in [-0.39, 0.29) is 30.5 Å². The van der Waals surface area contributed by atoms with Gasteiger partial charge in [0.15, 0.2) is 0 Å². The number of allylic oxidation sites excluding steroid dienone is 4. The maximum Gasteiger partial charge on any atom is 0.306 e. The Morgan fingerprint density at radius 3 is 2.43 bits per heavy atom. The highest BCUT2D eigenvalue weighted by atomic mass is 16.5. The number of rotatable bonds is 5. The van der Waals surface area contributed by atoms with Crippen LogP contribution >= 0.6 is 0 Å². The first-order valence-corrected chi connectivity index (χ1v) is 4.77. The molecule has 0 aromatic carbocycles. The van der Waals surface area contributed by atoms with Crippen molar-refractivity contribution in [3.8, 4) is 0 Å². The van der Waals surface area contributed by atoms with E-state index in [0.717, 1.165) is 0 Å². The Morgan fingerprint density at radius 2 is 1.86 bits per heavy atom. The van der Waals surface area contributed by atoms with Crippen LogP contribution in [0.1, 0.15) is 19.8 Å². The third kappa shape index (κ3) is 3.17. The summed E-state index contributed by atoms with van der Waals surface area (Å²) < 4.78 is 4.73. The van der Waals surface area contributed by atoms with Gasteiger partial charge in [0, 0.05) is 6.42 Å². The zero-order chi connectivity index (χ0) is 10.4. The van der Waals surface area contributed by atoms with Gasteiger partial charge in [0.2, 0.25) is 0 Å². The second-order valence-electron chi connectivity index (χ2n) is 3.07. The molecule has 0 saturated carbocycles. The highest BCUT2D eigenvalue weighted by Crippen LogP contribution is 2.13. The van der Waals surface area contributed by atoms with Gasteiger partial charge in [-0.05, 0) is 6.92 Å². The molecule has 1 rings (SSSR count). The van der Waals surface area contributed by atoms with Gasteiger partial charge in [-0.2, -0.15) is 0 Å². The Balaban J connectivity index is 2.24. The summed E-state index contributed by atoms with van der Waals surface area (Å²) in [4.78, 5) is 22.4. The predicted molar refractivity (Wildman–Crippen MR) is 52.6 cm³/mol. The Kier molecular flexibility index (Phi) is 4.11. The second-order valence-corrected chi connectivity index (χ2v) is 3.07. The molecule has 0 atom stereocenters. The lowest BCUT2D eigenvalue weighted by Gasteiger charge is -2.04. The van der Waals surface area contributed by atoms with Crippen LogP contribution in [0, 0.1) is 5.92 Å². The quantitative estimate of drug-likeness (QED) is 0.625. The summed E-state index contributed by atoms with van der Waals surface area (Å²) in [5.41, 5.74) is 0. The van der Waals surface area contributed by atoms with E-state index < -0.39 is 0 Å². The molecule has 0 amide bonds. The lowest BCUT2D eigenvalue weighted by Crippen LogP contribution is -2.12. The number of ether oxygens (including phenoxy) is 1. The first-order valence-electron chi connectivity index (χ1n) is 4.77. The van der Waals surface area contributed by atoms with E-state index in [4.69, 9.17) is 4.74 Å². The van der Waals surface area contributed by atoms with Crippen molar-refractivity contribution in [1.29, 1.82) is 0 Å². The highest BCUT2D eigenvalue weighted by molar-refractivity contribution is 5.87. The SMILES string of the molecule is CCOC(=O)CCC(=O)C1C=CC=C1. The van der Waals surface area contributed by atoms with Crippen LogP contribution in [0.3, 0.4) is 0 Å². The number of esters is 1. The van der Waals surface area contributed by atoms with E-state index in [0.29, 0.717) is 6.61 Å². The van der Waals surface area contributed by atoms with Gasteiger partial charge < -0.3 is 4.74 Å². The van der Waals surface area contributed by atoms with Crippen LogP contribution in [-0.2, 0) is 14.3 Å². The van der Waals surface area contributed by atoms with Gasteiger partial charge in [0.05, 0.1) is 18.9 Å². The minimum absolute atomic E-state index is 0.0723. The van der Waals surface area contributed by atoms with Gasteiger partial charge in [-0.3, -0.25) is 9.59 Å². The molecule has 3 nitrogen and oxygen atoms in total. The Labute approximate surface area is 83.4 Å². The molecule has 1 aliphatic rings. The summed E-state index contributed by atoms with van der Waals surface area (Å²) in [7, 11) is 0. The van der Waals surface area contributed by atoms with Crippen LogP contribution in [0.15, 0.2) is 24.3 Å². The Bertz CT molecular complexity index is 264. The lowest BCUT2D eigenvalue weighted by molar-refractivity contribution is -0.144. The molecule has 0 aromatic heterocycles. The highest BCUT2D eigenvalue weighted by Gasteiger charge is 2.15. The molecule has 0 N–H and O–H groups in total. The monoisotopic (exact) mass is 194 g/mol. The summed E-state index contributed by atoms with van der Waals surface area (Å²) in [6, 6.07) is 0. The molecule has 0 fully saturated rings. The molecule has 0 aliphatic heterocycles. The zero-order valence-corrected chi connectivity index (χ0v) is 8.23. The Hall–Kier alpha value is -1.38. The molecule has 0 bridgehead atoms. The first-order chi connectivity index (χ1) is 6.74. The smallest absolute Gasteiger partial charge is 0.306 e. The van der Waals surface area contributed by atoms with Crippen LogP contribution in [-0.4, -0.2) is 18.4 Å². The fourth-order valence-electron chi connectivity index (χ4n) is 1.27. The Morgan fingerprint density at radius 1 is 1.21 bits per heavy atom. The molecule has 14 heavy (non-hydrogen) atoms. The number of carbonyl (C=O) groups excluding carboxylic acids is 2. The maximum absolute atomic E-state index is 11.4. The summed E-state index contributed by atoms with van der Waals surface area (Å²) in [5, 5.41) is 0. The molecule has 0 saturated heterocycles. The summed E-state index contributed by atoms with van der Waals surface area (Å²) >= 11 is 0. The van der Waals surface area contributed by atoms with E-state index in [1.165, 1.54) is 0 Å².